The molecule has 0 bridgehead atoms. The second-order valence-corrected chi connectivity index (χ2v) is 3.61. The monoisotopic (exact) mass is 212 g/mol. The Hall–Kier alpha value is -0.930. The number of halogens is 1. The third-order valence-corrected chi connectivity index (χ3v) is 2.69. The van der Waals surface area contributed by atoms with Crippen LogP contribution in [0, 0.1) is 0 Å². The summed E-state index contributed by atoms with van der Waals surface area (Å²) in [6, 6.07) is 6.66. The van der Waals surface area contributed by atoms with Crippen molar-refractivity contribution in [1.82, 2.24) is 0 Å². The van der Waals surface area contributed by atoms with Crippen molar-refractivity contribution in [3.63, 3.8) is 0 Å². The van der Waals surface area contributed by atoms with Crippen LogP contribution in [0.25, 0.3) is 11.0 Å². The average molecular weight is 213 g/mol. The Kier molecular flexibility index (Phi) is 2.29. The van der Waals surface area contributed by atoms with Crippen LogP contribution in [-0.4, -0.2) is 0 Å². The fourth-order valence-corrected chi connectivity index (χ4v) is 1.68. The van der Waals surface area contributed by atoms with Gasteiger partial charge in [-0.2, -0.15) is 0 Å². The number of hydrogen-bond donors (Lipinski definition) is 0. The first kappa shape index (κ1) is 8.66. The molecule has 0 amide bonds. The third-order valence-electron chi connectivity index (χ3n) is 1.72. The summed E-state index contributed by atoms with van der Waals surface area (Å²) < 4.78 is 5.14. The second kappa shape index (κ2) is 3.44. The Morgan fingerprint density at radius 1 is 1.31 bits per heavy atom. The molecule has 2 rings (SSSR count). The Morgan fingerprint density at radius 3 is 2.92 bits per heavy atom. The smallest absolute Gasteiger partial charge is 0.192 e. The first-order valence-corrected chi connectivity index (χ1v) is 5.26. The molecule has 66 valence electrons. The molecule has 2 aromatic rings. The van der Waals surface area contributed by atoms with E-state index in [1.54, 1.807) is 12.1 Å². The molecule has 0 radical (unpaired) electrons. The van der Waals surface area contributed by atoms with Gasteiger partial charge < -0.3 is 4.42 Å². The van der Waals surface area contributed by atoms with E-state index in [1.165, 1.54) is 12.3 Å². The molecule has 0 aliphatic heterocycles. The van der Waals surface area contributed by atoms with Gasteiger partial charge in [-0.1, -0.05) is 0 Å². The fraction of sp³-hybridized carbons (Fsp3) is 0. The quantitative estimate of drug-likeness (QED) is 0.728. The molecular weight excluding hydrogens is 208 g/mol. The van der Waals surface area contributed by atoms with Gasteiger partial charge in [-0.15, -0.1) is 0 Å². The molecule has 0 saturated heterocycles. The maximum Gasteiger partial charge on any atom is 0.192 e. The van der Waals surface area contributed by atoms with Gasteiger partial charge in [0.25, 0.3) is 0 Å². The topological polar surface area (TPSA) is 30.2 Å². The van der Waals surface area contributed by atoms with Gasteiger partial charge in [-0.25, -0.2) is 0 Å². The molecule has 0 aliphatic carbocycles. The lowest BCUT2D eigenvalue weighted by Crippen LogP contribution is -1.97. The first-order valence-electron chi connectivity index (χ1n) is 3.61. The van der Waals surface area contributed by atoms with Crippen LogP contribution in [0.2, 0.25) is 0 Å². The second-order valence-electron chi connectivity index (χ2n) is 2.52. The summed E-state index contributed by atoms with van der Waals surface area (Å²) in [5, 5.41) is 0.563. The first-order chi connectivity index (χ1) is 6.31. The Morgan fingerprint density at radius 2 is 2.15 bits per heavy atom. The minimum Gasteiger partial charge on any atom is -0.464 e. The maximum absolute atomic E-state index is 11.3. The minimum absolute atomic E-state index is 0.0474. The van der Waals surface area contributed by atoms with Crippen molar-refractivity contribution in [1.29, 1.82) is 0 Å². The van der Waals surface area contributed by atoms with Gasteiger partial charge in [0.15, 0.2) is 5.43 Å². The highest BCUT2D eigenvalue weighted by atomic mass is 35.7. The van der Waals surface area contributed by atoms with E-state index >= 15 is 0 Å². The van der Waals surface area contributed by atoms with Crippen LogP contribution in [0.3, 0.4) is 0 Å². The van der Waals surface area contributed by atoms with Gasteiger partial charge in [0.1, 0.15) is 5.58 Å². The van der Waals surface area contributed by atoms with Crippen molar-refractivity contribution >= 4 is 32.6 Å². The van der Waals surface area contributed by atoms with E-state index in [-0.39, 0.29) is 5.43 Å². The molecule has 0 fully saturated rings. The van der Waals surface area contributed by atoms with Crippen molar-refractivity contribution in [2.45, 2.75) is 4.90 Å². The molecule has 0 atom stereocenters. The average Bonchev–Trinajstić information content (AvgIpc) is 2.18. The standard InChI is InChI=1S/C9H5ClO2S/c10-13-6-1-2-9-7(5-6)8(11)3-4-12-9/h1-5H. The third kappa shape index (κ3) is 1.57. The Balaban J connectivity index is 2.82. The van der Waals surface area contributed by atoms with Crippen molar-refractivity contribution in [3.8, 4) is 0 Å². The SMILES string of the molecule is O=c1ccoc2ccc(SCl)cc12. The molecular formula is C9H5ClO2S. The van der Waals surface area contributed by atoms with Gasteiger partial charge in [0.2, 0.25) is 0 Å². The number of fused-ring (bicyclic) bond motifs is 1. The predicted octanol–water partition coefficient (Wildman–Crippen LogP) is 3.04. The van der Waals surface area contributed by atoms with Crippen LogP contribution in [0.1, 0.15) is 0 Å². The summed E-state index contributed by atoms with van der Waals surface area (Å²) in [5.41, 5.74) is 0.538. The summed E-state index contributed by atoms with van der Waals surface area (Å²) in [6.45, 7) is 0. The summed E-state index contributed by atoms with van der Waals surface area (Å²) >= 11 is 0. The maximum atomic E-state index is 11.3. The van der Waals surface area contributed by atoms with Crippen molar-refractivity contribution < 1.29 is 4.42 Å². The largest absolute Gasteiger partial charge is 0.464 e. The molecule has 0 unspecified atom stereocenters. The molecule has 0 saturated carbocycles. The molecule has 1 heterocycles. The van der Waals surface area contributed by atoms with Gasteiger partial charge in [0, 0.05) is 11.0 Å². The van der Waals surface area contributed by atoms with Crippen molar-refractivity contribution in [3.05, 3.63) is 40.8 Å². The zero-order valence-electron chi connectivity index (χ0n) is 6.49. The molecule has 1 aromatic carbocycles. The zero-order chi connectivity index (χ0) is 9.26. The van der Waals surface area contributed by atoms with Crippen molar-refractivity contribution in [2.24, 2.45) is 0 Å². The molecule has 0 spiro atoms. The summed E-state index contributed by atoms with van der Waals surface area (Å²) in [6.07, 6.45) is 1.39. The number of rotatable bonds is 1. The van der Waals surface area contributed by atoms with Crippen LogP contribution in [0.15, 0.2) is 44.6 Å². The summed E-state index contributed by atoms with van der Waals surface area (Å²) in [4.78, 5) is 12.2. The van der Waals surface area contributed by atoms with E-state index < -0.39 is 0 Å². The van der Waals surface area contributed by atoms with E-state index in [1.807, 2.05) is 6.07 Å². The lowest BCUT2D eigenvalue weighted by molar-refractivity contribution is 0.602. The minimum atomic E-state index is -0.0474. The van der Waals surface area contributed by atoms with Crippen LogP contribution < -0.4 is 5.43 Å². The van der Waals surface area contributed by atoms with Gasteiger partial charge in [-0.3, -0.25) is 4.79 Å². The van der Waals surface area contributed by atoms with Crippen LogP contribution in [0.4, 0.5) is 0 Å². The molecule has 0 aliphatic rings. The zero-order valence-corrected chi connectivity index (χ0v) is 8.06. The molecule has 2 nitrogen and oxygen atoms in total. The van der Waals surface area contributed by atoms with Crippen LogP contribution in [-0.2, 0) is 0 Å². The van der Waals surface area contributed by atoms with E-state index in [9.17, 15) is 4.79 Å². The Bertz CT molecular complexity index is 492. The molecule has 0 N–H and O–H groups in total. The molecule has 4 heteroatoms. The highest BCUT2D eigenvalue weighted by molar-refractivity contribution is 8.21. The lowest BCUT2D eigenvalue weighted by atomic mass is 10.2. The van der Waals surface area contributed by atoms with Crippen LogP contribution >= 0.6 is 21.7 Å². The van der Waals surface area contributed by atoms with Gasteiger partial charge >= 0.3 is 0 Å². The Labute approximate surface area is 83.0 Å². The van der Waals surface area contributed by atoms with E-state index in [0.717, 1.165) is 15.9 Å². The van der Waals surface area contributed by atoms with Crippen LogP contribution in [0.5, 0.6) is 0 Å². The highest BCUT2D eigenvalue weighted by Crippen LogP contribution is 2.24. The van der Waals surface area contributed by atoms with E-state index in [2.05, 4.69) is 0 Å². The van der Waals surface area contributed by atoms with Gasteiger partial charge in [0.05, 0.1) is 11.6 Å². The fourth-order valence-electron chi connectivity index (χ4n) is 1.11. The summed E-state index contributed by atoms with van der Waals surface area (Å²) in [7, 11) is 6.65. The molecule has 13 heavy (non-hydrogen) atoms. The van der Waals surface area contributed by atoms with Gasteiger partial charge in [-0.05, 0) is 39.9 Å². The number of hydrogen-bond acceptors (Lipinski definition) is 3. The number of benzene rings is 1. The lowest BCUT2D eigenvalue weighted by Gasteiger charge is -1.96. The predicted molar refractivity (Wildman–Crippen MR) is 54.2 cm³/mol. The van der Waals surface area contributed by atoms with E-state index in [0.29, 0.717) is 11.0 Å². The summed E-state index contributed by atoms with van der Waals surface area (Å²) in [5.74, 6) is 0. The van der Waals surface area contributed by atoms with E-state index in [4.69, 9.17) is 15.1 Å². The van der Waals surface area contributed by atoms with Crippen molar-refractivity contribution in [2.75, 3.05) is 0 Å². The highest BCUT2D eigenvalue weighted by Gasteiger charge is 2.00. The molecule has 1 aromatic heterocycles. The normalized spacial score (nSPS) is 10.5.